The zero-order valence-electron chi connectivity index (χ0n) is 13.4. The maximum absolute atomic E-state index is 12.2. The second-order valence-corrected chi connectivity index (χ2v) is 5.45. The Morgan fingerprint density at radius 2 is 1.80 bits per heavy atom. The van der Waals surface area contributed by atoms with Crippen LogP contribution in [-0.2, 0) is 0 Å². The molecule has 0 saturated heterocycles. The van der Waals surface area contributed by atoms with Crippen LogP contribution in [0, 0.1) is 6.92 Å². The molecule has 3 rings (SSSR count). The largest absolute Gasteiger partial charge is 0.423 e. The molecule has 7 heteroatoms. The van der Waals surface area contributed by atoms with E-state index >= 15 is 0 Å². The lowest BCUT2D eigenvalue weighted by Gasteiger charge is -2.06. The predicted octanol–water partition coefficient (Wildman–Crippen LogP) is 0.306. The maximum Gasteiger partial charge on any atom is 0.343 e. The second kappa shape index (κ2) is 6.48. The van der Waals surface area contributed by atoms with Gasteiger partial charge in [0.05, 0.1) is 11.3 Å². The summed E-state index contributed by atoms with van der Waals surface area (Å²) in [6, 6.07) is 12.8. The topological polar surface area (TPSA) is 123 Å². The Bertz CT molecular complexity index is 1030. The van der Waals surface area contributed by atoms with Crippen molar-refractivity contribution in [3.8, 4) is 5.75 Å². The highest BCUT2D eigenvalue weighted by Gasteiger charge is 2.11. The monoisotopic (exact) mass is 338 g/mol. The molecule has 0 radical (unpaired) electrons. The minimum atomic E-state index is -0.536. The highest BCUT2D eigenvalue weighted by atomic mass is 16.5. The molecule has 0 unspecified atom stereocenters. The zero-order valence-corrected chi connectivity index (χ0v) is 13.4. The number of fused-ring (bicyclic) bond motifs is 1. The van der Waals surface area contributed by atoms with E-state index in [2.05, 4.69) is 4.99 Å². The Kier molecular flexibility index (Phi) is 4.21. The van der Waals surface area contributed by atoms with Crippen molar-refractivity contribution in [1.82, 2.24) is 0 Å². The predicted molar refractivity (Wildman–Crippen MR) is 92.6 cm³/mol. The molecule has 0 bridgehead atoms. The minimum absolute atomic E-state index is 0.0586. The summed E-state index contributed by atoms with van der Waals surface area (Å²) >= 11 is 0. The van der Waals surface area contributed by atoms with E-state index in [4.69, 9.17) is 20.6 Å². The molecule has 0 spiro atoms. The van der Waals surface area contributed by atoms with Gasteiger partial charge in [0.25, 0.3) is 0 Å². The number of hydrogen-bond acceptors (Lipinski definition) is 4. The van der Waals surface area contributed by atoms with Gasteiger partial charge in [-0.15, -0.1) is 0 Å². The van der Waals surface area contributed by atoms with Crippen LogP contribution in [0.3, 0.4) is 0 Å². The van der Waals surface area contributed by atoms with Gasteiger partial charge < -0.3 is 9.15 Å². The van der Waals surface area contributed by atoms with E-state index in [9.17, 15) is 9.59 Å². The van der Waals surface area contributed by atoms with Gasteiger partial charge in [-0.25, -0.2) is 14.6 Å². The van der Waals surface area contributed by atoms with Crippen LogP contribution in [0.4, 0.5) is 5.69 Å². The molecule has 7 nitrogen and oxygen atoms in total. The zero-order chi connectivity index (χ0) is 18.0. The Hall–Kier alpha value is -3.61. The van der Waals surface area contributed by atoms with E-state index in [1.807, 2.05) is 6.92 Å². The number of hydrogen-bond donors (Lipinski definition) is 3. The maximum atomic E-state index is 12.2. The third-order valence-electron chi connectivity index (χ3n) is 3.54. The Morgan fingerprint density at radius 1 is 1.08 bits per heavy atom. The quantitative estimate of drug-likeness (QED) is 0.208. The van der Waals surface area contributed by atoms with Crippen LogP contribution in [-0.4, -0.2) is 11.9 Å². The van der Waals surface area contributed by atoms with E-state index in [0.29, 0.717) is 16.8 Å². The number of carbonyl (C=O) groups is 1. The normalized spacial score (nSPS) is 10.4. The molecule has 0 atom stereocenters. The smallest absolute Gasteiger partial charge is 0.343 e. The van der Waals surface area contributed by atoms with Gasteiger partial charge in [-0.1, -0.05) is 0 Å². The standard InChI is InChI=1S/C18H15N3O4/c1-10-8-16(22)25-15-9-13(6-7-14(10)15)24-17(23)11-2-4-12(5-3-11)21-18(19)20/h2-9H,1H3,(H4,19,20,21)/p+1. The first-order valence-corrected chi connectivity index (χ1v) is 7.44. The molecule has 0 saturated carbocycles. The van der Waals surface area contributed by atoms with Crippen molar-refractivity contribution in [3.05, 3.63) is 70.1 Å². The Morgan fingerprint density at radius 3 is 2.48 bits per heavy atom. The summed E-state index contributed by atoms with van der Waals surface area (Å²) in [5, 5.41) is 0.783. The fourth-order valence-electron chi connectivity index (χ4n) is 2.39. The summed E-state index contributed by atoms with van der Waals surface area (Å²) in [5.74, 6) is -0.193. The van der Waals surface area contributed by atoms with Crippen LogP contribution in [0.15, 0.2) is 57.7 Å². The van der Waals surface area contributed by atoms with Gasteiger partial charge in [-0.05, 0) is 48.9 Å². The summed E-state index contributed by atoms with van der Waals surface area (Å²) < 4.78 is 10.5. The number of ether oxygens (including phenoxy) is 1. The van der Waals surface area contributed by atoms with E-state index in [1.165, 1.54) is 12.1 Å². The summed E-state index contributed by atoms with van der Waals surface area (Å²) in [7, 11) is 0. The second-order valence-electron chi connectivity index (χ2n) is 5.45. The Balaban J connectivity index is 1.84. The molecule has 126 valence electrons. The van der Waals surface area contributed by atoms with Crippen LogP contribution in [0.25, 0.3) is 11.0 Å². The van der Waals surface area contributed by atoms with Crippen molar-refractivity contribution >= 4 is 28.6 Å². The first-order valence-electron chi connectivity index (χ1n) is 7.44. The fourth-order valence-corrected chi connectivity index (χ4v) is 2.39. The molecule has 0 aliphatic heterocycles. The summed E-state index contributed by atoms with van der Waals surface area (Å²) in [6.45, 7) is 1.81. The Labute approximate surface area is 142 Å². The van der Waals surface area contributed by atoms with Crippen LogP contribution < -0.4 is 26.8 Å². The number of esters is 1. The number of nitrogens with two attached hydrogens (primary N) is 2. The van der Waals surface area contributed by atoms with Crippen molar-refractivity contribution in [1.29, 1.82) is 0 Å². The number of benzene rings is 2. The van der Waals surface area contributed by atoms with Crippen molar-refractivity contribution in [2.24, 2.45) is 11.5 Å². The lowest BCUT2D eigenvalue weighted by Crippen LogP contribution is -2.72. The number of rotatable bonds is 3. The lowest BCUT2D eigenvalue weighted by atomic mass is 10.1. The van der Waals surface area contributed by atoms with Gasteiger partial charge in [0.15, 0.2) is 0 Å². The third kappa shape index (κ3) is 3.66. The molecule has 1 heterocycles. The number of carbonyl (C=O) groups excluding carboxylic acids is 1. The number of guanidine groups is 1. The molecule has 0 aliphatic rings. The molecule has 0 aliphatic carbocycles. The van der Waals surface area contributed by atoms with E-state index in [-0.39, 0.29) is 11.7 Å². The summed E-state index contributed by atoms with van der Waals surface area (Å²) in [5.41, 5.74) is 12.4. The lowest BCUT2D eigenvalue weighted by molar-refractivity contribution is -0.356. The van der Waals surface area contributed by atoms with Crippen molar-refractivity contribution in [2.45, 2.75) is 6.92 Å². The molecular formula is C18H16N3O4+. The molecule has 0 fully saturated rings. The van der Waals surface area contributed by atoms with Crippen molar-refractivity contribution < 1.29 is 18.9 Å². The van der Waals surface area contributed by atoms with Gasteiger partial charge in [0.1, 0.15) is 11.3 Å². The SMILES string of the molecule is Cc1cc(=O)oc2cc(OC(=O)c3ccc([NH+]=C(N)N)cc3)ccc12. The average molecular weight is 338 g/mol. The first-order chi connectivity index (χ1) is 11.9. The van der Waals surface area contributed by atoms with Gasteiger partial charge in [0.2, 0.25) is 0 Å². The van der Waals surface area contributed by atoms with Crippen LogP contribution in [0.2, 0.25) is 0 Å². The van der Waals surface area contributed by atoms with Crippen LogP contribution in [0.1, 0.15) is 15.9 Å². The van der Waals surface area contributed by atoms with Crippen molar-refractivity contribution in [2.75, 3.05) is 0 Å². The van der Waals surface area contributed by atoms with Gasteiger partial charge in [-0.2, -0.15) is 0 Å². The summed E-state index contributed by atoms with van der Waals surface area (Å²) in [4.78, 5) is 26.4. The van der Waals surface area contributed by atoms with Gasteiger partial charge in [0, 0.05) is 17.5 Å². The van der Waals surface area contributed by atoms with E-state index < -0.39 is 11.6 Å². The van der Waals surface area contributed by atoms with E-state index in [0.717, 1.165) is 10.9 Å². The highest BCUT2D eigenvalue weighted by molar-refractivity contribution is 5.92. The van der Waals surface area contributed by atoms with Crippen molar-refractivity contribution in [3.63, 3.8) is 0 Å². The van der Waals surface area contributed by atoms with Crippen LogP contribution >= 0.6 is 0 Å². The van der Waals surface area contributed by atoms with Crippen LogP contribution in [0.5, 0.6) is 5.75 Å². The van der Waals surface area contributed by atoms with E-state index in [1.54, 1.807) is 36.4 Å². The molecule has 1 aromatic heterocycles. The molecular weight excluding hydrogens is 322 g/mol. The molecule has 2 aromatic carbocycles. The molecule has 5 N–H and O–H groups in total. The minimum Gasteiger partial charge on any atom is -0.423 e. The fraction of sp³-hybridized carbons (Fsp3) is 0.0556. The number of nitrogens with one attached hydrogen (secondary N) is 1. The third-order valence-corrected chi connectivity index (χ3v) is 3.54. The first kappa shape index (κ1) is 16.3. The summed E-state index contributed by atoms with van der Waals surface area (Å²) in [6.07, 6.45) is 0. The molecule has 3 aromatic rings. The highest BCUT2D eigenvalue weighted by Crippen LogP contribution is 2.23. The number of aryl methyl sites for hydroxylation is 1. The molecule has 0 amide bonds. The molecule has 25 heavy (non-hydrogen) atoms. The van der Waals surface area contributed by atoms with Gasteiger partial charge >= 0.3 is 17.6 Å². The van der Waals surface area contributed by atoms with Gasteiger partial charge in [-0.3, -0.25) is 11.5 Å². The average Bonchev–Trinajstić information content (AvgIpc) is 2.54.